The maximum Gasteiger partial charge on any atom is 0.347 e. The Morgan fingerprint density at radius 1 is 1.16 bits per heavy atom. The van der Waals surface area contributed by atoms with Crippen LogP contribution in [0.5, 0.6) is 5.75 Å². The first-order valence-electron chi connectivity index (χ1n) is 7.37. The van der Waals surface area contributed by atoms with E-state index in [1.54, 1.807) is 24.3 Å². The van der Waals surface area contributed by atoms with Crippen LogP contribution in [-0.2, 0) is 14.3 Å². The van der Waals surface area contributed by atoms with Gasteiger partial charge < -0.3 is 14.8 Å². The number of nitrogens with zero attached hydrogens (tertiary/aromatic N) is 1. The summed E-state index contributed by atoms with van der Waals surface area (Å²) >= 11 is 0. The minimum absolute atomic E-state index is 0.393. The second-order valence-electron chi connectivity index (χ2n) is 5.06. The molecule has 0 aliphatic carbocycles. The van der Waals surface area contributed by atoms with Gasteiger partial charge >= 0.3 is 5.97 Å². The van der Waals surface area contributed by atoms with Crippen molar-refractivity contribution in [1.82, 2.24) is 0 Å². The smallest absolute Gasteiger partial charge is 0.347 e. The normalized spacial score (nSPS) is 11.1. The topological polar surface area (TPSA) is 88.4 Å². The van der Waals surface area contributed by atoms with Crippen molar-refractivity contribution >= 4 is 17.6 Å². The van der Waals surface area contributed by atoms with Crippen molar-refractivity contribution in [1.29, 1.82) is 5.26 Å². The first-order valence-corrected chi connectivity index (χ1v) is 7.37. The van der Waals surface area contributed by atoms with Crippen molar-refractivity contribution < 1.29 is 23.5 Å². The molecule has 25 heavy (non-hydrogen) atoms. The third kappa shape index (κ3) is 5.62. The molecule has 6 nitrogen and oxygen atoms in total. The van der Waals surface area contributed by atoms with Crippen LogP contribution in [-0.4, -0.2) is 24.6 Å². The lowest BCUT2D eigenvalue weighted by molar-refractivity contribution is -0.153. The number of anilines is 1. The Kier molecular flexibility index (Phi) is 6.07. The van der Waals surface area contributed by atoms with E-state index in [0.29, 0.717) is 17.0 Å². The maximum atomic E-state index is 12.8. The van der Waals surface area contributed by atoms with Crippen LogP contribution >= 0.6 is 0 Å². The minimum atomic E-state index is -0.924. The van der Waals surface area contributed by atoms with Crippen LogP contribution in [0.25, 0.3) is 0 Å². The summed E-state index contributed by atoms with van der Waals surface area (Å²) in [5.74, 6) is -1.28. The number of hydrogen-bond acceptors (Lipinski definition) is 5. The fourth-order valence-electron chi connectivity index (χ4n) is 1.84. The summed E-state index contributed by atoms with van der Waals surface area (Å²) in [7, 11) is 0. The molecule has 0 radical (unpaired) electrons. The molecule has 1 amide bonds. The molecule has 0 aliphatic rings. The van der Waals surface area contributed by atoms with Gasteiger partial charge in [-0.1, -0.05) is 0 Å². The third-order valence-corrected chi connectivity index (χ3v) is 3.10. The first kappa shape index (κ1) is 17.9. The second kappa shape index (κ2) is 8.45. The Hall–Kier alpha value is -3.40. The Bertz CT molecular complexity index is 782. The predicted octanol–water partition coefficient (Wildman–Crippen LogP) is 2.65. The minimum Gasteiger partial charge on any atom is -0.479 e. The number of benzene rings is 2. The summed E-state index contributed by atoms with van der Waals surface area (Å²) in [6.45, 7) is 0.996. The molecule has 1 N–H and O–H groups in total. The molecule has 0 saturated carbocycles. The third-order valence-electron chi connectivity index (χ3n) is 3.10. The van der Waals surface area contributed by atoms with E-state index in [1.807, 2.05) is 6.07 Å². The number of hydrogen-bond donors (Lipinski definition) is 1. The molecule has 7 heteroatoms. The fourth-order valence-corrected chi connectivity index (χ4v) is 1.84. The van der Waals surface area contributed by atoms with Gasteiger partial charge in [-0.05, 0) is 55.5 Å². The lowest BCUT2D eigenvalue weighted by atomic mass is 10.2. The maximum absolute atomic E-state index is 12.8. The molecule has 1 atom stereocenters. The number of carbonyl (C=O) groups is 2. The average molecular weight is 342 g/mol. The van der Waals surface area contributed by atoms with Crippen LogP contribution in [0, 0.1) is 17.1 Å². The molecular formula is C18H15FN2O4. The molecule has 0 fully saturated rings. The molecule has 0 unspecified atom stereocenters. The van der Waals surface area contributed by atoms with Gasteiger partial charge in [-0.25, -0.2) is 9.18 Å². The van der Waals surface area contributed by atoms with E-state index in [-0.39, 0.29) is 0 Å². The number of esters is 1. The standard InChI is InChI=1S/C18H15FN2O4/c1-12(25-16-8-2-13(10-20)3-9-16)18(23)24-11-17(22)21-15-6-4-14(19)5-7-15/h2-9,12H,11H2,1H3,(H,21,22)/t12-/m1/s1. The van der Waals surface area contributed by atoms with Gasteiger partial charge in [0.2, 0.25) is 0 Å². The zero-order valence-electron chi connectivity index (χ0n) is 13.4. The summed E-state index contributed by atoms with van der Waals surface area (Å²) in [5, 5.41) is 11.2. The quantitative estimate of drug-likeness (QED) is 0.815. The zero-order valence-corrected chi connectivity index (χ0v) is 13.4. The molecule has 0 heterocycles. The summed E-state index contributed by atoms with van der Waals surface area (Å²) in [4.78, 5) is 23.5. The van der Waals surface area contributed by atoms with Gasteiger partial charge in [-0.2, -0.15) is 5.26 Å². The van der Waals surface area contributed by atoms with E-state index in [2.05, 4.69) is 5.32 Å². The first-order chi connectivity index (χ1) is 12.0. The molecule has 2 rings (SSSR count). The van der Waals surface area contributed by atoms with Crippen molar-refractivity contribution in [2.45, 2.75) is 13.0 Å². The van der Waals surface area contributed by atoms with E-state index in [1.165, 1.54) is 31.2 Å². The highest BCUT2D eigenvalue weighted by atomic mass is 19.1. The van der Waals surface area contributed by atoms with Gasteiger partial charge in [0.05, 0.1) is 11.6 Å². The molecule has 2 aromatic carbocycles. The molecule has 128 valence electrons. The van der Waals surface area contributed by atoms with Crippen molar-refractivity contribution in [3.63, 3.8) is 0 Å². The Morgan fingerprint density at radius 2 is 1.80 bits per heavy atom. The van der Waals surface area contributed by atoms with Gasteiger partial charge in [0.15, 0.2) is 12.7 Å². The highest BCUT2D eigenvalue weighted by Crippen LogP contribution is 2.14. The summed E-state index contributed by atoms with van der Waals surface area (Å²) in [6.07, 6.45) is -0.924. The Balaban J connectivity index is 1.79. The molecular weight excluding hydrogens is 327 g/mol. The largest absolute Gasteiger partial charge is 0.479 e. The molecule has 0 aliphatic heterocycles. The van der Waals surface area contributed by atoms with E-state index in [4.69, 9.17) is 14.7 Å². The monoisotopic (exact) mass is 342 g/mol. The number of rotatable bonds is 6. The molecule has 0 saturated heterocycles. The Morgan fingerprint density at radius 3 is 2.40 bits per heavy atom. The van der Waals surface area contributed by atoms with Crippen LogP contribution in [0.2, 0.25) is 0 Å². The molecule has 0 spiro atoms. The van der Waals surface area contributed by atoms with Crippen molar-refractivity contribution in [2.24, 2.45) is 0 Å². The predicted molar refractivity (Wildman–Crippen MR) is 87.2 cm³/mol. The SMILES string of the molecule is C[C@@H](Oc1ccc(C#N)cc1)C(=O)OCC(=O)Nc1ccc(F)cc1. The fraction of sp³-hybridized carbons (Fsp3) is 0.167. The number of nitrogens with one attached hydrogen (secondary N) is 1. The van der Waals surface area contributed by atoms with Crippen molar-refractivity contribution in [3.8, 4) is 11.8 Å². The highest BCUT2D eigenvalue weighted by molar-refractivity contribution is 5.93. The van der Waals surface area contributed by atoms with Crippen LogP contribution in [0.3, 0.4) is 0 Å². The zero-order chi connectivity index (χ0) is 18.2. The number of amides is 1. The van der Waals surface area contributed by atoms with Crippen LogP contribution in [0.15, 0.2) is 48.5 Å². The van der Waals surface area contributed by atoms with Gasteiger partial charge in [0.1, 0.15) is 11.6 Å². The van der Waals surface area contributed by atoms with Crippen LogP contribution < -0.4 is 10.1 Å². The molecule has 0 bridgehead atoms. The molecule has 2 aromatic rings. The molecule has 0 aromatic heterocycles. The second-order valence-corrected chi connectivity index (χ2v) is 5.06. The lowest BCUT2D eigenvalue weighted by Crippen LogP contribution is -2.29. The number of carbonyl (C=O) groups excluding carboxylic acids is 2. The van der Waals surface area contributed by atoms with Crippen molar-refractivity contribution in [3.05, 3.63) is 59.9 Å². The van der Waals surface area contributed by atoms with Gasteiger partial charge in [0.25, 0.3) is 5.91 Å². The number of ether oxygens (including phenoxy) is 2. The summed E-state index contributed by atoms with van der Waals surface area (Å²) in [6, 6.07) is 13.4. The van der Waals surface area contributed by atoms with E-state index in [9.17, 15) is 14.0 Å². The summed E-state index contributed by atoms with van der Waals surface area (Å²) < 4.78 is 23.0. The highest BCUT2D eigenvalue weighted by Gasteiger charge is 2.18. The van der Waals surface area contributed by atoms with E-state index in [0.717, 1.165) is 0 Å². The number of nitriles is 1. The van der Waals surface area contributed by atoms with Crippen LogP contribution in [0.4, 0.5) is 10.1 Å². The number of halogens is 1. The summed E-state index contributed by atoms with van der Waals surface area (Å²) in [5.41, 5.74) is 0.865. The van der Waals surface area contributed by atoms with Crippen molar-refractivity contribution in [2.75, 3.05) is 11.9 Å². The lowest BCUT2D eigenvalue weighted by Gasteiger charge is -2.14. The Labute approximate surface area is 143 Å². The van der Waals surface area contributed by atoms with Gasteiger partial charge in [-0.15, -0.1) is 0 Å². The van der Waals surface area contributed by atoms with E-state index >= 15 is 0 Å². The van der Waals surface area contributed by atoms with E-state index < -0.39 is 30.4 Å². The van der Waals surface area contributed by atoms with Gasteiger partial charge in [-0.3, -0.25) is 4.79 Å². The van der Waals surface area contributed by atoms with Crippen LogP contribution in [0.1, 0.15) is 12.5 Å². The average Bonchev–Trinajstić information content (AvgIpc) is 2.62. The van der Waals surface area contributed by atoms with Gasteiger partial charge in [0, 0.05) is 5.69 Å².